The Hall–Kier alpha value is -2.10. The molecule has 0 saturated carbocycles. The Kier molecular flexibility index (Phi) is 7.31. The van der Waals surface area contributed by atoms with Crippen molar-refractivity contribution in [3.05, 3.63) is 48.0 Å². The summed E-state index contributed by atoms with van der Waals surface area (Å²) in [6.45, 7) is 8.16. The van der Waals surface area contributed by atoms with Crippen LogP contribution in [-0.2, 0) is 20.0 Å². The molecule has 0 aliphatic heterocycles. The molecule has 7 nitrogen and oxygen atoms in total. The third-order valence-corrected chi connectivity index (χ3v) is 8.04. The summed E-state index contributed by atoms with van der Waals surface area (Å²) in [7, 11) is -6.27. The number of hydrogen-bond acceptors (Lipinski definition) is 5. The summed E-state index contributed by atoms with van der Waals surface area (Å²) in [5, 5.41) is 0. The maximum atomic E-state index is 12.8. The quantitative estimate of drug-likeness (QED) is 0.642. The van der Waals surface area contributed by atoms with Crippen molar-refractivity contribution in [2.24, 2.45) is 0 Å². The number of benzene rings is 2. The molecule has 0 spiro atoms. The lowest BCUT2D eigenvalue weighted by molar-refractivity contribution is 0.416. The predicted octanol–water partition coefficient (Wildman–Crippen LogP) is 3.65. The van der Waals surface area contributed by atoms with Crippen LogP contribution in [0.15, 0.2) is 52.3 Å². The molecule has 0 aliphatic rings. The summed E-state index contributed by atoms with van der Waals surface area (Å²) in [6, 6.07) is 10.7. The first-order valence-electron chi connectivity index (χ1n) is 9.37. The molecule has 0 heterocycles. The molecule has 0 saturated heterocycles. The monoisotopic (exact) mass is 440 g/mol. The largest absolute Gasteiger partial charge is 0.495 e. The highest BCUT2D eigenvalue weighted by Crippen LogP contribution is 2.31. The van der Waals surface area contributed by atoms with Crippen LogP contribution in [0.5, 0.6) is 5.75 Å². The Morgan fingerprint density at radius 2 is 1.48 bits per heavy atom. The zero-order valence-electron chi connectivity index (χ0n) is 17.3. The fourth-order valence-electron chi connectivity index (χ4n) is 2.88. The second-order valence-corrected chi connectivity index (χ2v) is 10.4. The molecular formula is C20H28N2O5S2. The van der Waals surface area contributed by atoms with Gasteiger partial charge in [-0.15, -0.1) is 0 Å². The maximum absolute atomic E-state index is 12.8. The number of sulfonamides is 2. The fourth-order valence-corrected chi connectivity index (χ4v) is 5.42. The van der Waals surface area contributed by atoms with Crippen LogP contribution >= 0.6 is 0 Å². The van der Waals surface area contributed by atoms with Gasteiger partial charge in [0.25, 0.3) is 10.0 Å². The zero-order chi connectivity index (χ0) is 21.8. The molecule has 2 aromatic carbocycles. The van der Waals surface area contributed by atoms with Crippen molar-refractivity contribution in [3.63, 3.8) is 0 Å². The van der Waals surface area contributed by atoms with E-state index in [0.29, 0.717) is 13.1 Å². The molecule has 0 aliphatic carbocycles. The number of methoxy groups -OCH3 is 1. The molecule has 0 atom stereocenters. The van der Waals surface area contributed by atoms with E-state index in [1.807, 2.05) is 13.8 Å². The molecule has 1 N–H and O–H groups in total. The van der Waals surface area contributed by atoms with E-state index in [-0.39, 0.29) is 27.1 Å². The minimum atomic E-state index is -3.92. The summed E-state index contributed by atoms with van der Waals surface area (Å²) in [5.41, 5.74) is 1.09. The smallest absolute Gasteiger partial charge is 0.262 e. The van der Waals surface area contributed by atoms with Gasteiger partial charge in [-0.3, -0.25) is 4.72 Å². The Bertz CT molecular complexity index is 1040. The summed E-state index contributed by atoms with van der Waals surface area (Å²) in [4.78, 5) is 0.0795. The molecule has 0 fully saturated rings. The van der Waals surface area contributed by atoms with Crippen molar-refractivity contribution >= 4 is 25.7 Å². The lowest BCUT2D eigenvalue weighted by Crippen LogP contribution is -2.30. The van der Waals surface area contributed by atoms with E-state index < -0.39 is 20.0 Å². The molecule has 0 radical (unpaired) electrons. The van der Waals surface area contributed by atoms with Crippen LogP contribution in [0.3, 0.4) is 0 Å². The van der Waals surface area contributed by atoms with E-state index in [1.165, 1.54) is 41.7 Å². The molecule has 2 rings (SSSR count). The number of ether oxygens (including phenoxy) is 1. The molecule has 0 bridgehead atoms. The van der Waals surface area contributed by atoms with Crippen LogP contribution in [0.1, 0.15) is 39.2 Å². The lowest BCUT2D eigenvalue weighted by atomic mass is 10.0. The van der Waals surface area contributed by atoms with Gasteiger partial charge in [-0.05, 0) is 41.8 Å². The van der Waals surface area contributed by atoms with E-state index >= 15 is 0 Å². The molecule has 0 amide bonds. The van der Waals surface area contributed by atoms with Crippen LogP contribution in [0.2, 0.25) is 0 Å². The summed E-state index contributed by atoms with van der Waals surface area (Å²) < 4.78 is 60.2. The van der Waals surface area contributed by atoms with Crippen LogP contribution in [0, 0.1) is 0 Å². The molecule has 0 unspecified atom stereocenters. The minimum Gasteiger partial charge on any atom is -0.495 e. The highest BCUT2D eigenvalue weighted by Gasteiger charge is 2.24. The van der Waals surface area contributed by atoms with Crippen LogP contribution < -0.4 is 9.46 Å². The second-order valence-electron chi connectivity index (χ2n) is 6.78. The number of rotatable bonds is 9. The molecule has 9 heteroatoms. The van der Waals surface area contributed by atoms with Crippen molar-refractivity contribution in [2.75, 3.05) is 24.9 Å². The first-order valence-corrected chi connectivity index (χ1v) is 12.3. The van der Waals surface area contributed by atoms with E-state index in [1.54, 1.807) is 26.0 Å². The van der Waals surface area contributed by atoms with E-state index in [9.17, 15) is 16.8 Å². The number of nitrogens with one attached hydrogen (secondary N) is 1. The van der Waals surface area contributed by atoms with Crippen molar-refractivity contribution < 1.29 is 21.6 Å². The third-order valence-electron chi connectivity index (χ3n) is 4.62. The van der Waals surface area contributed by atoms with Gasteiger partial charge in [0.2, 0.25) is 10.0 Å². The topological polar surface area (TPSA) is 92.8 Å². The average molecular weight is 441 g/mol. The molecule has 0 aromatic heterocycles. The minimum absolute atomic E-state index is 0.00476. The normalized spacial score (nSPS) is 12.4. The molecular weight excluding hydrogens is 412 g/mol. The molecule has 160 valence electrons. The Morgan fingerprint density at radius 1 is 0.931 bits per heavy atom. The first kappa shape index (κ1) is 23.2. The fraction of sp³-hybridized carbons (Fsp3) is 0.400. The average Bonchev–Trinajstić information content (AvgIpc) is 2.68. The van der Waals surface area contributed by atoms with Crippen molar-refractivity contribution in [3.8, 4) is 5.75 Å². The zero-order valence-corrected chi connectivity index (χ0v) is 19.0. The van der Waals surface area contributed by atoms with Crippen molar-refractivity contribution in [1.29, 1.82) is 0 Å². The van der Waals surface area contributed by atoms with Crippen molar-refractivity contribution in [2.45, 2.75) is 43.4 Å². The Labute approximate surface area is 173 Å². The Balaban J connectivity index is 2.45. The van der Waals surface area contributed by atoms with Gasteiger partial charge >= 0.3 is 0 Å². The second kappa shape index (κ2) is 9.15. The number of anilines is 1. The predicted molar refractivity (Wildman–Crippen MR) is 114 cm³/mol. The van der Waals surface area contributed by atoms with Gasteiger partial charge in [0, 0.05) is 13.1 Å². The highest BCUT2D eigenvalue weighted by molar-refractivity contribution is 7.92. The van der Waals surface area contributed by atoms with E-state index in [4.69, 9.17) is 4.74 Å². The molecule has 29 heavy (non-hydrogen) atoms. The third kappa shape index (κ3) is 5.09. The summed E-state index contributed by atoms with van der Waals surface area (Å²) in [5.74, 6) is 0.507. The Morgan fingerprint density at radius 3 is 1.97 bits per heavy atom. The number of nitrogens with zero attached hydrogens (tertiary/aromatic N) is 1. The van der Waals surface area contributed by atoms with Gasteiger partial charge in [0.1, 0.15) is 5.75 Å². The van der Waals surface area contributed by atoms with E-state index in [2.05, 4.69) is 4.72 Å². The van der Waals surface area contributed by atoms with Crippen LogP contribution in [0.4, 0.5) is 5.69 Å². The van der Waals surface area contributed by atoms with Crippen LogP contribution in [-0.4, -0.2) is 41.3 Å². The summed E-state index contributed by atoms with van der Waals surface area (Å²) in [6.07, 6.45) is 0. The van der Waals surface area contributed by atoms with Gasteiger partial charge in [0.05, 0.1) is 22.6 Å². The van der Waals surface area contributed by atoms with Gasteiger partial charge in [0.15, 0.2) is 0 Å². The first-order chi connectivity index (χ1) is 13.6. The lowest BCUT2D eigenvalue weighted by Gasteiger charge is -2.20. The summed E-state index contributed by atoms with van der Waals surface area (Å²) >= 11 is 0. The molecule has 2 aromatic rings. The van der Waals surface area contributed by atoms with Gasteiger partial charge in [-0.25, -0.2) is 16.8 Å². The maximum Gasteiger partial charge on any atom is 0.262 e. The van der Waals surface area contributed by atoms with Gasteiger partial charge < -0.3 is 4.74 Å². The van der Waals surface area contributed by atoms with Gasteiger partial charge in [-0.2, -0.15) is 4.31 Å². The highest BCUT2D eigenvalue weighted by atomic mass is 32.2. The van der Waals surface area contributed by atoms with Crippen LogP contribution in [0.25, 0.3) is 0 Å². The standard InChI is InChI=1S/C20H28N2O5S2/c1-6-22(7-2)29(25,26)18-12-13-20(27-5)19(14-18)21-28(23,24)17-10-8-16(9-11-17)15(3)4/h8-15,21H,6-7H2,1-5H3. The van der Waals surface area contributed by atoms with Crippen molar-refractivity contribution in [1.82, 2.24) is 4.31 Å². The SMILES string of the molecule is CCN(CC)S(=O)(=O)c1ccc(OC)c(NS(=O)(=O)c2ccc(C(C)C)cc2)c1. The number of hydrogen-bond donors (Lipinski definition) is 1. The van der Waals surface area contributed by atoms with Gasteiger partial charge in [-0.1, -0.05) is 39.8 Å². The van der Waals surface area contributed by atoms with E-state index in [0.717, 1.165) is 5.56 Å².